The Labute approximate surface area is 213 Å². The van der Waals surface area contributed by atoms with Crippen LogP contribution in [0.4, 0.5) is 11.4 Å². The van der Waals surface area contributed by atoms with Gasteiger partial charge in [-0.15, -0.1) is 0 Å². The normalized spacial score (nSPS) is 18.7. The number of rotatable bonds is 6. The fourth-order valence-corrected chi connectivity index (χ4v) is 4.99. The van der Waals surface area contributed by atoms with Crippen LogP contribution in [-0.2, 0) is 9.59 Å². The largest absolute Gasteiger partial charge is 0.351 e. The molecule has 1 unspecified atom stereocenters. The van der Waals surface area contributed by atoms with Crippen LogP contribution < -0.4 is 21.3 Å². The molecule has 2 aromatic rings. The van der Waals surface area contributed by atoms with Crippen molar-refractivity contribution >= 4 is 29.1 Å². The van der Waals surface area contributed by atoms with Crippen LogP contribution >= 0.6 is 0 Å². The van der Waals surface area contributed by atoms with Crippen LogP contribution in [0.25, 0.3) is 0 Å². The van der Waals surface area contributed by atoms with Crippen LogP contribution in [0.1, 0.15) is 79.9 Å². The summed E-state index contributed by atoms with van der Waals surface area (Å²) in [5, 5.41) is 5.90. The third kappa shape index (κ3) is 5.78. The van der Waals surface area contributed by atoms with E-state index in [4.69, 9.17) is 5.73 Å². The molecule has 7 heteroatoms. The Kier molecular flexibility index (Phi) is 7.79. The quantitative estimate of drug-likeness (QED) is 0.546. The standard InChI is InChI=1S/C29H38N4O3/c1-19-9-11-20(12-10-19)25-16-26(34)32-23-15-22(27(35)31-18-29(2,3)17-30)13-14-24(23)33(25)28(36)21-7-5-4-6-8-21/h9-15,21,25H,4-8,16-18,30H2,1-3H3,(H,31,35)(H,32,34). The number of nitrogens with two attached hydrogens (primary N) is 1. The predicted octanol–water partition coefficient (Wildman–Crippen LogP) is 4.71. The van der Waals surface area contributed by atoms with Crippen molar-refractivity contribution in [2.75, 3.05) is 23.3 Å². The average Bonchev–Trinajstić information content (AvgIpc) is 3.03. The van der Waals surface area contributed by atoms with Gasteiger partial charge in [0.25, 0.3) is 5.91 Å². The highest BCUT2D eigenvalue weighted by Crippen LogP contribution is 2.41. The van der Waals surface area contributed by atoms with Gasteiger partial charge in [-0.05, 0) is 55.5 Å². The van der Waals surface area contributed by atoms with E-state index in [0.29, 0.717) is 30.0 Å². The van der Waals surface area contributed by atoms with Gasteiger partial charge in [-0.2, -0.15) is 0 Å². The van der Waals surface area contributed by atoms with E-state index in [1.807, 2.05) is 49.9 Å². The smallest absolute Gasteiger partial charge is 0.251 e. The molecule has 1 atom stereocenters. The van der Waals surface area contributed by atoms with Crippen molar-refractivity contribution in [1.82, 2.24) is 5.32 Å². The van der Waals surface area contributed by atoms with Gasteiger partial charge in [0.05, 0.1) is 23.8 Å². The van der Waals surface area contributed by atoms with Crippen molar-refractivity contribution in [1.29, 1.82) is 0 Å². The molecule has 7 nitrogen and oxygen atoms in total. The first-order valence-electron chi connectivity index (χ1n) is 13.0. The van der Waals surface area contributed by atoms with Crippen LogP contribution in [0, 0.1) is 18.3 Å². The number of aryl methyl sites for hydroxylation is 1. The fourth-order valence-electron chi connectivity index (χ4n) is 4.99. The summed E-state index contributed by atoms with van der Waals surface area (Å²) in [5.74, 6) is -0.421. The van der Waals surface area contributed by atoms with E-state index in [1.54, 1.807) is 18.2 Å². The first kappa shape index (κ1) is 25.9. The lowest BCUT2D eigenvalue weighted by atomic mass is 9.87. The van der Waals surface area contributed by atoms with E-state index in [0.717, 1.165) is 43.2 Å². The molecule has 0 aromatic heterocycles. The summed E-state index contributed by atoms with van der Waals surface area (Å²) >= 11 is 0. The minimum absolute atomic E-state index is 0.0555. The molecule has 192 valence electrons. The summed E-state index contributed by atoms with van der Waals surface area (Å²) in [5.41, 5.74) is 9.18. The third-order valence-electron chi connectivity index (χ3n) is 7.42. The Morgan fingerprint density at radius 1 is 1.08 bits per heavy atom. The van der Waals surface area contributed by atoms with E-state index < -0.39 is 6.04 Å². The average molecular weight is 491 g/mol. The van der Waals surface area contributed by atoms with Gasteiger partial charge in [-0.3, -0.25) is 14.4 Å². The maximum Gasteiger partial charge on any atom is 0.251 e. The van der Waals surface area contributed by atoms with E-state index in [2.05, 4.69) is 10.6 Å². The van der Waals surface area contributed by atoms with Crippen LogP contribution in [0.5, 0.6) is 0 Å². The molecule has 1 saturated carbocycles. The van der Waals surface area contributed by atoms with Crippen LogP contribution in [0.3, 0.4) is 0 Å². The zero-order chi connectivity index (χ0) is 25.9. The lowest BCUT2D eigenvalue weighted by molar-refractivity contribution is -0.124. The third-order valence-corrected chi connectivity index (χ3v) is 7.42. The van der Waals surface area contributed by atoms with Gasteiger partial charge < -0.3 is 21.3 Å². The molecule has 4 N–H and O–H groups in total. The molecule has 1 fully saturated rings. The van der Waals surface area contributed by atoms with Gasteiger partial charge in [0, 0.05) is 18.0 Å². The molecule has 1 aliphatic heterocycles. The molecular formula is C29H38N4O3. The zero-order valence-electron chi connectivity index (χ0n) is 21.6. The van der Waals surface area contributed by atoms with Gasteiger partial charge >= 0.3 is 0 Å². The van der Waals surface area contributed by atoms with Gasteiger partial charge in [0.15, 0.2) is 0 Å². The first-order valence-corrected chi connectivity index (χ1v) is 13.0. The van der Waals surface area contributed by atoms with Gasteiger partial charge in [0.1, 0.15) is 0 Å². The molecule has 0 spiro atoms. The molecule has 4 rings (SSSR count). The number of amides is 3. The maximum absolute atomic E-state index is 14.0. The van der Waals surface area contributed by atoms with E-state index in [1.165, 1.54) is 0 Å². The lowest BCUT2D eigenvalue weighted by Gasteiger charge is -2.35. The molecule has 2 aliphatic rings. The summed E-state index contributed by atoms with van der Waals surface area (Å²) in [6.45, 7) is 6.89. The molecular weight excluding hydrogens is 452 g/mol. The summed E-state index contributed by atoms with van der Waals surface area (Å²) in [6, 6.07) is 12.8. The molecule has 1 heterocycles. The predicted molar refractivity (Wildman–Crippen MR) is 143 cm³/mol. The van der Waals surface area contributed by atoms with Crippen LogP contribution in [0.15, 0.2) is 42.5 Å². The Morgan fingerprint density at radius 2 is 1.78 bits per heavy atom. The number of anilines is 2. The number of carbonyl (C=O) groups excluding carboxylic acids is 3. The van der Waals surface area contributed by atoms with Gasteiger partial charge in [-0.1, -0.05) is 62.9 Å². The molecule has 0 radical (unpaired) electrons. The summed E-state index contributed by atoms with van der Waals surface area (Å²) in [7, 11) is 0. The van der Waals surface area contributed by atoms with Crippen molar-refractivity contribution < 1.29 is 14.4 Å². The second kappa shape index (κ2) is 10.8. The van der Waals surface area contributed by atoms with Crippen molar-refractivity contribution in [2.24, 2.45) is 17.1 Å². The van der Waals surface area contributed by atoms with Crippen molar-refractivity contribution in [3.05, 3.63) is 59.2 Å². The topological polar surface area (TPSA) is 105 Å². The van der Waals surface area contributed by atoms with E-state index in [9.17, 15) is 14.4 Å². The Morgan fingerprint density at radius 3 is 2.44 bits per heavy atom. The minimum Gasteiger partial charge on any atom is -0.351 e. The fraction of sp³-hybridized carbons (Fsp3) is 0.483. The molecule has 36 heavy (non-hydrogen) atoms. The Balaban J connectivity index is 1.72. The number of hydrogen-bond acceptors (Lipinski definition) is 4. The van der Waals surface area contributed by atoms with Crippen LogP contribution in [-0.4, -0.2) is 30.8 Å². The SMILES string of the molecule is Cc1ccc(C2CC(=O)Nc3cc(C(=O)NCC(C)(C)CN)ccc3N2C(=O)C2CCCCC2)cc1. The minimum atomic E-state index is -0.411. The summed E-state index contributed by atoms with van der Waals surface area (Å²) < 4.78 is 0. The number of hydrogen-bond donors (Lipinski definition) is 3. The number of nitrogens with one attached hydrogen (secondary N) is 2. The number of fused-ring (bicyclic) bond motifs is 1. The van der Waals surface area contributed by atoms with Crippen LogP contribution in [0.2, 0.25) is 0 Å². The van der Waals surface area contributed by atoms with E-state index >= 15 is 0 Å². The number of benzene rings is 2. The van der Waals surface area contributed by atoms with Gasteiger partial charge in [0.2, 0.25) is 11.8 Å². The maximum atomic E-state index is 14.0. The van der Waals surface area contributed by atoms with Crippen molar-refractivity contribution in [3.8, 4) is 0 Å². The molecule has 2 aromatic carbocycles. The molecule has 0 saturated heterocycles. The monoisotopic (exact) mass is 490 g/mol. The lowest BCUT2D eigenvalue weighted by Crippen LogP contribution is -2.40. The highest BCUT2D eigenvalue weighted by Gasteiger charge is 2.37. The highest BCUT2D eigenvalue weighted by molar-refractivity contribution is 6.07. The molecule has 3 amide bonds. The van der Waals surface area contributed by atoms with Gasteiger partial charge in [-0.25, -0.2) is 0 Å². The number of carbonyl (C=O) groups is 3. The molecule has 0 bridgehead atoms. The summed E-state index contributed by atoms with van der Waals surface area (Å²) in [6.07, 6.45) is 5.13. The Bertz CT molecular complexity index is 1120. The van der Waals surface area contributed by atoms with Crippen molar-refractivity contribution in [2.45, 2.75) is 65.3 Å². The van der Waals surface area contributed by atoms with E-state index in [-0.39, 0.29) is 35.5 Å². The second-order valence-corrected chi connectivity index (χ2v) is 11.0. The number of nitrogens with zero attached hydrogens (tertiary/aromatic N) is 1. The molecule has 1 aliphatic carbocycles. The van der Waals surface area contributed by atoms with Crippen molar-refractivity contribution in [3.63, 3.8) is 0 Å². The Hall–Kier alpha value is -3.19. The first-order chi connectivity index (χ1) is 17.2. The second-order valence-electron chi connectivity index (χ2n) is 11.0. The summed E-state index contributed by atoms with van der Waals surface area (Å²) in [4.78, 5) is 41.7. The zero-order valence-corrected chi connectivity index (χ0v) is 21.6. The highest BCUT2D eigenvalue weighted by atomic mass is 16.2.